The van der Waals surface area contributed by atoms with Crippen molar-refractivity contribution in [1.82, 2.24) is 19.9 Å². The van der Waals surface area contributed by atoms with E-state index in [2.05, 4.69) is 105 Å². The fourth-order valence-corrected chi connectivity index (χ4v) is 8.44. The molecule has 3 heterocycles. The molecule has 7 rings (SSSR count). The SMILES string of the molecule is CCC(C)c1ccncc1/C=C(\C)CNC.CCC1(CC)CC(C)(F)C1.CCCc1ncc(NC(C)c2ccc3oc4ccccc4c3c2)c(=O)n1CC=C1CCC1. The lowest BCUT2D eigenvalue weighted by molar-refractivity contribution is -0.0592. The molecule has 0 radical (unpaired) electrons. The third-order valence-electron chi connectivity index (χ3n) is 12.3. The number of nitrogens with zero attached hydrogens (tertiary/aromatic N) is 3. The number of hydrogen-bond donors (Lipinski definition) is 2. The van der Waals surface area contributed by atoms with Gasteiger partial charge in [0.15, 0.2) is 0 Å². The summed E-state index contributed by atoms with van der Waals surface area (Å²) in [7, 11) is 1.97. The van der Waals surface area contributed by atoms with Gasteiger partial charge in [-0.25, -0.2) is 9.37 Å². The zero-order chi connectivity index (χ0) is 41.9. The molecule has 0 bridgehead atoms. The Morgan fingerprint density at radius 1 is 1.00 bits per heavy atom. The van der Waals surface area contributed by atoms with Crippen molar-refractivity contribution < 1.29 is 8.81 Å². The molecule has 2 N–H and O–H groups in total. The summed E-state index contributed by atoms with van der Waals surface area (Å²) < 4.78 is 20.9. The van der Waals surface area contributed by atoms with Gasteiger partial charge in [-0.3, -0.25) is 14.3 Å². The highest BCUT2D eigenvalue weighted by Crippen LogP contribution is 2.54. The Morgan fingerprint density at radius 3 is 2.34 bits per heavy atom. The number of rotatable bonds is 14. The quantitative estimate of drug-likeness (QED) is 0.109. The molecule has 2 unspecified atom stereocenters. The van der Waals surface area contributed by atoms with Crippen LogP contribution in [0.3, 0.4) is 0 Å². The molecule has 0 aliphatic heterocycles. The number of nitrogens with one attached hydrogen (secondary N) is 2. The minimum absolute atomic E-state index is 0.00122. The number of aryl methyl sites for hydroxylation is 1. The van der Waals surface area contributed by atoms with E-state index in [1.165, 1.54) is 28.7 Å². The van der Waals surface area contributed by atoms with Crippen LogP contribution >= 0.6 is 0 Å². The first-order chi connectivity index (χ1) is 27.9. The van der Waals surface area contributed by atoms with Gasteiger partial charge in [-0.1, -0.05) is 95.0 Å². The van der Waals surface area contributed by atoms with E-state index in [9.17, 15) is 9.18 Å². The average molecular weight is 790 g/mol. The Bertz CT molecular complexity index is 2210. The molecule has 2 saturated carbocycles. The number of alkyl halides is 1. The Balaban J connectivity index is 0.000000204. The minimum Gasteiger partial charge on any atom is -0.456 e. The van der Waals surface area contributed by atoms with Crippen LogP contribution in [0.4, 0.5) is 10.1 Å². The number of pyridine rings is 1. The molecule has 2 aliphatic rings. The van der Waals surface area contributed by atoms with Crippen LogP contribution in [0, 0.1) is 5.41 Å². The van der Waals surface area contributed by atoms with Crippen molar-refractivity contribution in [2.75, 3.05) is 18.9 Å². The molecule has 7 nitrogen and oxygen atoms in total. The summed E-state index contributed by atoms with van der Waals surface area (Å²) in [6.07, 6.45) is 20.3. The largest absolute Gasteiger partial charge is 0.456 e. The molecule has 2 atom stereocenters. The van der Waals surface area contributed by atoms with Crippen LogP contribution in [0.1, 0.15) is 148 Å². The van der Waals surface area contributed by atoms with E-state index in [1.807, 2.05) is 48.3 Å². The second kappa shape index (κ2) is 20.4. The standard InChI is InChI=1S/C27H29N3O2.C14H22N2.C9H17F/c1-3-7-26-28-17-23(27(31)30(26)15-14-19-8-6-9-19)29-18(2)20-12-13-25-22(16-20)21-10-4-5-11-24(21)32-25;1-5-12(3)14-6-7-16-10-13(14)8-11(2)9-15-4;1-4-9(5-2)6-8(3,10)7-9/h4-5,10-14,16-18,29H,3,6-9,15H2,1-2H3;6-8,10,12,15H,5,9H2,1-4H3;4-7H2,1-3H3/b;11-8+;. The van der Waals surface area contributed by atoms with Crippen LogP contribution in [0.5, 0.6) is 0 Å². The van der Waals surface area contributed by atoms with Crippen LogP contribution in [-0.4, -0.2) is 33.8 Å². The number of fused-ring (bicyclic) bond motifs is 3. The van der Waals surface area contributed by atoms with Gasteiger partial charge in [0, 0.05) is 48.7 Å². The highest BCUT2D eigenvalue weighted by Gasteiger charge is 2.49. The van der Waals surface area contributed by atoms with Crippen molar-refractivity contribution in [3.8, 4) is 0 Å². The summed E-state index contributed by atoms with van der Waals surface area (Å²) >= 11 is 0. The first-order valence-corrected chi connectivity index (χ1v) is 21.7. The lowest BCUT2D eigenvalue weighted by Crippen LogP contribution is -2.46. The molecule has 2 aliphatic carbocycles. The Labute approximate surface area is 346 Å². The molecular formula is C50H68FN5O2. The summed E-state index contributed by atoms with van der Waals surface area (Å²) in [5, 5.41) is 8.77. The smallest absolute Gasteiger partial charge is 0.277 e. The van der Waals surface area contributed by atoms with E-state index >= 15 is 0 Å². The second-order valence-electron chi connectivity index (χ2n) is 17.0. The van der Waals surface area contributed by atoms with E-state index in [0.717, 1.165) is 97.7 Å². The zero-order valence-corrected chi connectivity index (χ0v) is 36.7. The molecule has 0 spiro atoms. The number of likely N-dealkylation sites (N-methyl/N-ethyl adjacent to an activating group) is 1. The third kappa shape index (κ3) is 11.1. The van der Waals surface area contributed by atoms with Crippen LogP contribution in [0.2, 0.25) is 0 Å². The number of furan rings is 1. The molecule has 312 valence electrons. The zero-order valence-electron chi connectivity index (χ0n) is 36.7. The predicted molar refractivity (Wildman–Crippen MR) is 242 cm³/mol. The van der Waals surface area contributed by atoms with Gasteiger partial charge >= 0.3 is 0 Å². The van der Waals surface area contributed by atoms with Crippen LogP contribution < -0.4 is 16.2 Å². The molecule has 0 amide bonds. The molecule has 8 heteroatoms. The predicted octanol–water partition coefficient (Wildman–Crippen LogP) is 12.9. The maximum atomic E-state index is 13.3. The number of anilines is 1. The number of allylic oxidation sites excluding steroid dienone is 2. The van der Waals surface area contributed by atoms with Gasteiger partial charge in [-0.15, -0.1) is 0 Å². The normalized spacial score (nSPS) is 16.6. The molecule has 5 aromatic rings. The van der Waals surface area contributed by atoms with E-state index in [-0.39, 0.29) is 11.6 Å². The highest BCUT2D eigenvalue weighted by molar-refractivity contribution is 6.05. The minimum atomic E-state index is -0.841. The van der Waals surface area contributed by atoms with Gasteiger partial charge < -0.3 is 15.1 Å². The number of para-hydroxylation sites is 1. The fraction of sp³-hybridized carbons (Fsp3) is 0.500. The number of hydrogen-bond acceptors (Lipinski definition) is 6. The first-order valence-electron chi connectivity index (χ1n) is 21.7. The Morgan fingerprint density at radius 2 is 1.72 bits per heavy atom. The molecule has 58 heavy (non-hydrogen) atoms. The van der Waals surface area contributed by atoms with Crippen LogP contribution in [0.25, 0.3) is 28.0 Å². The van der Waals surface area contributed by atoms with Crippen molar-refractivity contribution in [2.45, 2.75) is 144 Å². The summed E-state index contributed by atoms with van der Waals surface area (Å²) in [5.74, 6) is 1.45. The molecular weight excluding hydrogens is 722 g/mol. The molecule has 2 aromatic carbocycles. The maximum absolute atomic E-state index is 13.3. The molecule has 3 aromatic heterocycles. The summed E-state index contributed by atoms with van der Waals surface area (Å²) in [6, 6.07) is 16.4. The summed E-state index contributed by atoms with van der Waals surface area (Å²) in [6.45, 7) is 18.4. The van der Waals surface area contributed by atoms with Gasteiger partial charge in [0.25, 0.3) is 5.56 Å². The van der Waals surface area contributed by atoms with E-state index in [4.69, 9.17) is 4.42 Å². The van der Waals surface area contributed by atoms with Crippen LogP contribution in [-0.2, 0) is 13.0 Å². The first kappa shape index (κ1) is 44.5. The van der Waals surface area contributed by atoms with Gasteiger partial charge in [-0.2, -0.15) is 0 Å². The maximum Gasteiger partial charge on any atom is 0.277 e. The van der Waals surface area contributed by atoms with Crippen molar-refractivity contribution in [3.05, 3.63) is 117 Å². The van der Waals surface area contributed by atoms with Gasteiger partial charge in [0.05, 0.1) is 6.20 Å². The van der Waals surface area contributed by atoms with Gasteiger partial charge in [0.2, 0.25) is 0 Å². The summed E-state index contributed by atoms with van der Waals surface area (Å²) in [4.78, 5) is 22.2. The van der Waals surface area contributed by atoms with E-state index in [1.54, 1.807) is 13.1 Å². The van der Waals surface area contributed by atoms with Crippen molar-refractivity contribution in [3.63, 3.8) is 0 Å². The Kier molecular flexibility index (Phi) is 15.7. The lowest BCUT2D eigenvalue weighted by Gasteiger charge is -2.49. The Hall–Kier alpha value is -4.56. The van der Waals surface area contributed by atoms with Gasteiger partial charge in [-0.05, 0) is 125 Å². The molecule has 2 fully saturated rings. The average Bonchev–Trinajstić information content (AvgIpc) is 3.57. The number of benzene rings is 2. The highest BCUT2D eigenvalue weighted by atomic mass is 19.1. The van der Waals surface area contributed by atoms with E-state index in [0.29, 0.717) is 23.6 Å². The lowest BCUT2D eigenvalue weighted by atomic mass is 9.58. The summed E-state index contributed by atoms with van der Waals surface area (Å²) in [5.41, 5.74) is 8.37. The number of aromatic nitrogens is 3. The van der Waals surface area contributed by atoms with E-state index < -0.39 is 5.67 Å². The number of halogens is 1. The van der Waals surface area contributed by atoms with Crippen LogP contribution in [0.15, 0.2) is 93.6 Å². The fourth-order valence-electron chi connectivity index (χ4n) is 8.44. The van der Waals surface area contributed by atoms with Crippen molar-refractivity contribution in [1.29, 1.82) is 0 Å². The second-order valence-corrected chi connectivity index (χ2v) is 17.0. The van der Waals surface area contributed by atoms with Gasteiger partial charge in [0.1, 0.15) is 28.3 Å². The topological polar surface area (TPSA) is 85.0 Å². The third-order valence-corrected chi connectivity index (χ3v) is 12.3. The van der Waals surface area contributed by atoms with Crippen molar-refractivity contribution >= 4 is 33.7 Å². The monoisotopic (exact) mass is 790 g/mol. The molecule has 0 saturated heterocycles. The van der Waals surface area contributed by atoms with Crippen molar-refractivity contribution in [2.24, 2.45) is 5.41 Å².